The molecule has 2 unspecified atom stereocenters. The van der Waals surface area contributed by atoms with Gasteiger partial charge in [0, 0.05) is 41.8 Å². The molecule has 2 amide bonds. The first-order valence-corrected chi connectivity index (χ1v) is 11.1. The van der Waals surface area contributed by atoms with Crippen molar-refractivity contribution in [2.45, 2.75) is 51.2 Å². The molecule has 8 heteroatoms. The summed E-state index contributed by atoms with van der Waals surface area (Å²) >= 11 is 6.43. The molecular weight excluding hydrogens is 430 g/mol. The number of nitrogens with zero attached hydrogens (tertiary/aromatic N) is 1. The minimum Gasteiger partial charge on any atom is -0.493 e. The van der Waals surface area contributed by atoms with Gasteiger partial charge in [0.15, 0.2) is 11.5 Å². The van der Waals surface area contributed by atoms with E-state index in [1.165, 1.54) is 14.2 Å². The van der Waals surface area contributed by atoms with E-state index in [0.717, 1.165) is 31.2 Å². The first-order chi connectivity index (χ1) is 15.3. The SMILES string of the molecule is COc1ccc(C(=O)Nc2ccc(Cl)c(CN(C(C)=O)C3CCCCC3N)c2)cc1OC. The van der Waals surface area contributed by atoms with Crippen LogP contribution in [0, 0.1) is 0 Å². The number of rotatable bonds is 7. The summed E-state index contributed by atoms with van der Waals surface area (Å²) in [4.78, 5) is 27.0. The van der Waals surface area contributed by atoms with Crippen LogP contribution in [0.4, 0.5) is 5.69 Å². The molecule has 3 N–H and O–H groups in total. The number of amides is 2. The maximum absolute atomic E-state index is 12.8. The Morgan fingerprint density at radius 3 is 2.47 bits per heavy atom. The van der Waals surface area contributed by atoms with E-state index < -0.39 is 0 Å². The number of hydrogen-bond acceptors (Lipinski definition) is 5. The second-order valence-corrected chi connectivity index (χ2v) is 8.40. The number of methoxy groups -OCH3 is 2. The minimum absolute atomic E-state index is 0.0117. The lowest BCUT2D eigenvalue weighted by molar-refractivity contribution is -0.133. The Balaban J connectivity index is 1.79. The predicted molar refractivity (Wildman–Crippen MR) is 125 cm³/mol. The van der Waals surface area contributed by atoms with Gasteiger partial charge in [-0.2, -0.15) is 0 Å². The maximum atomic E-state index is 12.8. The molecule has 1 aliphatic rings. The van der Waals surface area contributed by atoms with Crippen LogP contribution in [0.5, 0.6) is 11.5 Å². The number of benzene rings is 2. The van der Waals surface area contributed by atoms with Crippen LogP contribution in [0.2, 0.25) is 5.02 Å². The number of nitrogens with two attached hydrogens (primary N) is 1. The van der Waals surface area contributed by atoms with Gasteiger partial charge in [0.2, 0.25) is 5.91 Å². The van der Waals surface area contributed by atoms with Crippen molar-refractivity contribution in [2.75, 3.05) is 19.5 Å². The molecule has 0 spiro atoms. The van der Waals surface area contributed by atoms with Crippen molar-refractivity contribution in [1.82, 2.24) is 4.90 Å². The van der Waals surface area contributed by atoms with Crippen LogP contribution in [0.3, 0.4) is 0 Å². The fourth-order valence-electron chi connectivity index (χ4n) is 4.13. The van der Waals surface area contributed by atoms with E-state index in [2.05, 4.69) is 5.32 Å². The Morgan fingerprint density at radius 1 is 1.09 bits per heavy atom. The third-order valence-corrected chi connectivity index (χ3v) is 6.25. The fourth-order valence-corrected chi connectivity index (χ4v) is 4.30. The van der Waals surface area contributed by atoms with Crippen molar-refractivity contribution in [2.24, 2.45) is 5.73 Å². The number of halogens is 1. The van der Waals surface area contributed by atoms with E-state index in [9.17, 15) is 9.59 Å². The minimum atomic E-state index is -0.294. The Labute approximate surface area is 193 Å². The zero-order valence-electron chi connectivity index (χ0n) is 18.7. The Kier molecular flexibility index (Phi) is 7.99. The Bertz CT molecular complexity index is 982. The summed E-state index contributed by atoms with van der Waals surface area (Å²) in [6.45, 7) is 1.89. The van der Waals surface area contributed by atoms with Gasteiger partial charge in [0.25, 0.3) is 5.91 Å². The zero-order valence-corrected chi connectivity index (χ0v) is 19.4. The molecule has 0 aliphatic heterocycles. The number of ether oxygens (including phenoxy) is 2. The zero-order chi connectivity index (χ0) is 23.3. The molecule has 3 rings (SSSR count). The molecule has 0 aromatic heterocycles. The van der Waals surface area contributed by atoms with Crippen molar-refractivity contribution in [3.63, 3.8) is 0 Å². The average Bonchev–Trinajstić information content (AvgIpc) is 2.79. The van der Waals surface area contributed by atoms with Gasteiger partial charge >= 0.3 is 0 Å². The molecule has 0 bridgehead atoms. The molecule has 172 valence electrons. The molecule has 2 aromatic rings. The van der Waals surface area contributed by atoms with E-state index in [1.807, 2.05) is 0 Å². The maximum Gasteiger partial charge on any atom is 0.255 e. The molecule has 7 nitrogen and oxygen atoms in total. The first kappa shape index (κ1) is 23.9. The number of hydrogen-bond donors (Lipinski definition) is 2. The summed E-state index contributed by atoms with van der Waals surface area (Å²) in [5.74, 6) is 0.682. The van der Waals surface area contributed by atoms with Gasteiger partial charge in [0.05, 0.1) is 14.2 Å². The normalized spacial score (nSPS) is 18.0. The van der Waals surface area contributed by atoms with Crippen molar-refractivity contribution in [3.8, 4) is 11.5 Å². The Hall–Kier alpha value is -2.77. The van der Waals surface area contributed by atoms with Crippen LogP contribution in [-0.4, -0.2) is 43.0 Å². The third kappa shape index (κ3) is 5.53. The monoisotopic (exact) mass is 459 g/mol. The predicted octanol–water partition coefficient (Wildman–Crippen LogP) is 4.23. The number of carbonyl (C=O) groups is 2. The van der Waals surface area contributed by atoms with Crippen molar-refractivity contribution in [1.29, 1.82) is 0 Å². The largest absolute Gasteiger partial charge is 0.493 e. The highest BCUT2D eigenvalue weighted by Gasteiger charge is 2.29. The second-order valence-electron chi connectivity index (χ2n) is 7.99. The smallest absolute Gasteiger partial charge is 0.255 e. The van der Waals surface area contributed by atoms with Gasteiger partial charge in [-0.3, -0.25) is 9.59 Å². The first-order valence-electron chi connectivity index (χ1n) is 10.7. The summed E-state index contributed by atoms with van der Waals surface area (Å²) in [6.07, 6.45) is 3.93. The molecule has 2 aromatic carbocycles. The fraction of sp³-hybridized carbons (Fsp3) is 0.417. The molecule has 1 fully saturated rings. The van der Waals surface area contributed by atoms with Crippen LogP contribution in [0.25, 0.3) is 0 Å². The molecule has 32 heavy (non-hydrogen) atoms. The molecule has 1 saturated carbocycles. The molecule has 0 heterocycles. The molecule has 1 aliphatic carbocycles. The van der Waals surface area contributed by atoms with Gasteiger partial charge in [-0.25, -0.2) is 0 Å². The molecule has 0 radical (unpaired) electrons. The molecule has 2 atom stereocenters. The van der Waals surface area contributed by atoms with Crippen LogP contribution in [0.1, 0.15) is 48.5 Å². The number of nitrogens with one attached hydrogen (secondary N) is 1. The van der Waals surface area contributed by atoms with Crippen molar-refractivity contribution >= 4 is 29.1 Å². The number of anilines is 1. The van der Waals surface area contributed by atoms with Gasteiger partial charge in [-0.05, 0) is 54.8 Å². The van der Waals surface area contributed by atoms with Crippen LogP contribution < -0.4 is 20.5 Å². The van der Waals surface area contributed by atoms with Crippen LogP contribution in [0.15, 0.2) is 36.4 Å². The highest BCUT2D eigenvalue weighted by atomic mass is 35.5. The van der Waals surface area contributed by atoms with Crippen molar-refractivity contribution < 1.29 is 19.1 Å². The highest BCUT2D eigenvalue weighted by molar-refractivity contribution is 6.31. The lowest BCUT2D eigenvalue weighted by atomic mass is 9.89. The van der Waals surface area contributed by atoms with E-state index >= 15 is 0 Å². The van der Waals surface area contributed by atoms with E-state index in [-0.39, 0.29) is 23.9 Å². The van der Waals surface area contributed by atoms with E-state index in [4.69, 9.17) is 26.8 Å². The quantitative estimate of drug-likeness (QED) is 0.646. The average molecular weight is 460 g/mol. The highest BCUT2D eigenvalue weighted by Crippen LogP contribution is 2.29. The molecule has 0 saturated heterocycles. The number of carbonyl (C=O) groups excluding carboxylic acids is 2. The summed E-state index contributed by atoms with van der Waals surface area (Å²) in [5, 5.41) is 3.42. The lowest BCUT2D eigenvalue weighted by Crippen LogP contribution is -2.51. The summed E-state index contributed by atoms with van der Waals surface area (Å²) < 4.78 is 10.5. The van der Waals surface area contributed by atoms with Crippen LogP contribution >= 0.6 is 11.6 Å². The summed E-state index contributed by atoms with van der Waals surface area (Å²) in [7, 11) is 3.06. The molecular formula is C24H30ClN3O4. The van der Waals surface area contributed by atoms with Gasteiger partial charge in [0.1, 0.15) is 0 Å². The summed E-state index contributed by atoms with van der Waals surface area (Å²) in [6, 6.07) is 10.2. The third-order valence-electron chi connectivity index (χ3n) is 5.88. The summed E-state index contributed by atoms with van der Waals surface area (Å²) in [5.41, 5.74) is 8.08. The lowest BCUT2D eigenvalue weighted by Gasteiger charge is -2.38. The van der Waals surface area contributed by atoms with E-state index in [0.29, 0.717) is 34.3 Å². The van der Waals surface area contributed by atoms with Crippen molar-refractivity contribution in [3.05, 3.63) is 52.5 Å². The van der Waals surface area contributed by atoms with Gasteiger partial charge in [-0.1, -0.05) is 24.4 Å². The van der Waals surface area contributed by atoms with Gasteiger partial charge in [-0.15, -0.1) is 0 Å². The van der Waals surface area contributed by atoms with Gasteiger partial charge < -0.3 is 25.4 Å². The standard InChI is InChI=1S/C24H30ClN3O4/c1-15(29)28(21-7-5-4-6-20(21)26)14-17-12-18(9-10-19(17)25)27-24(30)16-8-11-22(31-2)23(13-16)32-3/h8-13,20-21H,4-7,14,26H2,1-3H3,(H,27,30). The topological polar surface area (TPSA) is 93.9 Å². The Morgan fingerprint density at radius 2 is 1.81 bits per heavy atom. The second kappa shape index (κ2) is 10.7. The van der Waals surface area contributed by atoms with Crippen LogP contribution in [-0.2, 0) is 11.3 Å². The van der Waals surface area contributed by atoms with E-state index in [1.54, 1.807) is 48.2 Å².